The van der Waals surface area contributed by atoms with Gasteiger partial charge in [-0.2, -0.15) is 25.0 Å². The molecule has 1 aliphatic heterocycles. The third-order valence-corrected chi connectivity index (χ3v) is 10.5. The first-order valence-electron chi connectivity index (χ1n) is 18.5. The van der Waals surface area contributed by atoms with Gasteiger partial charge in [-0.1, -0.05) is 73.7 Å². The molecule has 6 aromatic rings. The number of benzene rings is 2. The zero-order chi connectivity index (χ0) is 37.0. The predicted molar refractivity (Wildman–Crippen MR) is 210 cm³/mol. The highest BCUT2D eigenvalue weighted by Crippen LogP contribution is 2.40. The standard InChI is InChI=1S/C39H44N12O3.ClH/c1-2-28-21-44-51(48-28)32-18-31(34(52)35(32)53)50-24-43-33-36(41-22-30(26-11-5-3-6-12-26)27-13-7-4-8-14-27)46-38(47-37(33)50)49-17-15-29(23-49)45-39(54)42-20-25-10-9-16-40-19-25;/h3-14,16,19,21,24,29-32,34-35,52-53H,2,15,17-18,20,22-23H2,1H3,(H,41,46,47)(H2,42,45,54);1H/t29-,31-,32+,34+,35-;/m1./s1. The molecule has 5 atom stereocenters. The van der Waals surface area contributed by atoms with Gasteiger partial charge in [-0.15, -0.1) is 12.4 Å². The van der Waals surface area contributed by atoms with Crippen LogP contribution >= 0.6 is 12.4 Å². The molecule has 1 aliphatic carbocycles. The molecular formula is C39H45ClN12O3. The van der Waals surface area contributed by atoms with Gasteiger partial charge in [-0.05, 0) is 42.0 Å². The van der Waals surface area contributed by atoms with E-state index in [1.54, 1.807) is 24.9 Å². The molecule has 16 heteroatoms. The van der Waals surface area contributed by atoms with Crippen LogP contribution in [0.2, 0.25) is 0 Å². The van der Waals surface area contributed by atoms with E-state index in [-0.39, 0.29) is 30.4 Å². The smallest absolute Gasteiger partial charge is 0.315 e. The van der Waals surface area contributed by atoms with Crippen LogP contribution in [0.4, 0.5) is 16.6 Å². The average Bonchev–Trinajstić information content (AvgIpc) is 4.03. The first-order chi connectivity index (χ1) is 26.4. The molecule has 5 N–H and O–H groups in total. The number of aliphatic hydroxyl groups is 2. The van der Waals surface area contributed by atoms with Crippen molar-refractivity contribution in [1.29, 1.82) is 0 Å². The fraction of sp³-hybridized carbons (Fsp3) is 0.359. The normalized spacial score (nSPS) is 20.8. The topological polar surface area (TPSA) is 184 Å². The van der Waals surface area contributed by atoms with Gasteiger partial charge >= 0.3 is 6.03 Å². The summed E-state index contributed by atoms with van der Waals surface area (Å²) >= 11 is 0. The molecule has 2 aromatic carbocycles. The number of amides is 2. The van der Waals surface area contributed by atoms with Gasteiger partial charge in [0.2, 0.25) is 5.95 Å². The molecule has 0 bridgehead atoms. The Morgan fingerprint density at radius 2 is 1.69 bits per heavy atom. The minimum atomic E-state index is -1.11. The maximum absolute atomic E-state index is 12.8. The largest absolute Gasteiger partial charge is 0.388 e. The van der Waals surface area contributed by atoms with Gasteiger partial charge in [0, 0.05) is 50.5 Å². The summed E-state index contributed by atoms with van der Waals surface area (Å²) in [6.07, 6.45) is 6.39. The van der Waals surface area contributed by atoms with E-state index in [9.17, 15) is 15.0 Å². The van der Waals surface area contributed by atoms with E-state index >= 15 is 0 Å². The fourth-order valence-corrected chi connectivity index (χ4v) is 7.51. The number of anilines is 2. The maximum Gasteiger partial charge on any atom is 0.315 e. The van der Waals surface area contributed by atoms with E-state index in [0.29, 0.717) is 62.0 Å². The Balaban J connectivity index is 0.00000465. The zero-order valence-electron chi connectivity index (χ0n) is 30.4. The predicted octanol–water partition coefficient (Wildman–Crippen LogP) is 4.03. The van der Waals surface area contributed by atoms with Crippen molar-refractivity contribution >= 4 is 41.4 Å². The summed E-state index contributed by atoms with van der Waals surface area (Å²) in [5.41, 5.74) is 5.14. The number of pyridine rings is 1. The van der Waals surface area contributed by atoms with E-state index < -0.39 is 24.3 Å². The van der Waals surface area contributed by atoms with Gasteiger partial charge in [0.1, 0.15) is 18.2 Å². The second-order valence-electron chi connectivity index (χ2n) is 13.9. The van der Waals surface area contributed by atoms with Gasteiger partial charge in [-0.25, -0.2) is 9.78 Å². The average molecular weight is 765 g/mol. The van der Waals surface area contributed by atoms with Crippen molar-refractivity contribution in [3.8, 4) is 0 Å². The van der Waals surface area contributed by atoms with Crippen LogP contribution in [0.15, 0.2) is 97.7 Å². The molecule has 4 aromatic heterocycles. The van der Waals surface area contributed by atoms with Crippen LogP contribution in [0.3, 0.4) is 0 Å². The van der Waals surface area contributed by atoms with Gasteiger partial charge < -0.3 is 35.6 Å². The van der Waals surface area contributed by atoms with Gasteiger partial charge in [0.25, 0.3) is 0 Å². The van der Waals surface area contributed by atoms with E-state index in [1.807, 2.05) is 60.0 Å². The first-order valence-corrected chi connectivity index (χ1v) is 18.5. The third-order valence-electron chi connectivity index (χ3n) is 10.5. The number of halogens is 1. The lowest BCUT2D eigenvalue weighted by atomic mass is 9.91. The quantitative estimate of drug-likeness (QED) is 0.121. The van der Waals surface area contributed by atoms with Crippen LogP contribution < -0.4 is 20.9 Å². The summed E-state index contributed by atoms with van der Waals surface area (Å²) in [6, 6.07) is 23.0. The number of rotatable bonds is 12. The van der Waals surface area contributed by atoms with E-state index in [2.05, 4.69) is 60.3 Å². The lowest BCUT2D eigenvalue weighted by Gasteiger charge is -2.22. The number of imidazole rings is 1. The van der Waals surface area contributed by atoms with Crippen molar-refractivity contribution in [2.75, 3.05) is 29.9 Å². The molecule has 1 saturated heterocycles. The number of aromatic nitrogens is 8. The maximum atomic E-state index is 12.8. The molecule has 2 aliphatic rings. The van der Waals surface area contributed by atoms with Crippen LogP contribution in [0.1, 0.15) is 60.2 Å². The molecule has 2 amide bonds. The van der Waals surface area contributed by atoms with Crippen molar-refractivity contribution in [2.45, 2.75) is 69.0 Å². The molecular weight excluding hydrogens is 720 g/mol. The second-order valence-corrected chi connectivity index (χ2v) is 13.9. The highest BCUT2D eigenvalue weighted by Gasteiger charge is 2.45. The summed E-state index contributed by atoms with van der Waals surface area (Å²) in [5.74, 6) is 1.06. The fourth-order valence-electron chi connectivity index (χ4n) is 7.51. The lowest BCUT2D eigenvalue weighted by molar-refractivity contribution is 0.00497. The van der Waals surface area contributed by atoms with Crippen LogP contribution in [0, 0.1) is 0 Å². The Labute approximate surface area is 324 Å². The number of carbonyl (C=O) groups is 1. The summed E-state index contributed by atoms with van der Waals surface area (Å²) < 4.78 is 1.84. The monoisotopic (exact) mass is 764 g/mol. The minimum absolute atomic E-state index is 0. The van der Waals surface area contributed by atoms with E-state index in [0.717, 1.165) is 28.8 Å². The van der Waals surface area contributed by atoms with E-state index in [1.165, 1.54) is 4.80 Å². The highest BCUT2D eigenvalue weighted by molar-refractivity contribution is 5.85. The molecule has 2 fully saturated rings. The SMILES string of the molecule is CCc1cnn([C@H]2C[C@@H](n3cnc4c(NCC(c5ccccc5)c5ccccc5)nc(N5CC[C@@H](NC(=O)NCc6cccnc6)C5)nc43)[C@H](O)[C@@H]2O)n1.Cl. The van der Waals surface area contributed by atoms with Crippen molar-refractivity contribution in [1.82, 2.24) is 50.1 Å². The number of hydrogen-bond donors (Lipinski definition) is 5. The van der Waals surface area contributed by atoms with Crippen LogP contribution in [-0.4, -0.2) is 93.6 Å². The molecule has 0 radical (unpaired) electrons. The Bertz CT molecular complexity index is 2130. The number of aryl methyl sites for hydroxylation is 1. The molecule has 55 heavy (non-hydrogen) atoms. The second kappa shape index (κ2) is 16.8. The number of nitrogens with zero attached hydrogens (tertiary/aromatic N) is 9. The Morgan fingerprint density at radius 3 is 2.38 bits per heavy atom. The molecule has 286 valence electrons. The molecule has 0 unspecified atom stereocenters. The molecule has 15 nitrogen and oxygen atoms in total. The summed E-state index contributed by atoms with van der Waals surface area (Å²) in [7, 11) is 0. The number of carbonyl (C=O) groups excluding carboxylic acids is 1. The summed E-state index contributed by atoms with van der Waals surface area (Å²) in [6.45, 7) is 4.04. The summed E-state index contributed by atoms with van der Waals surface area (Å²) in [5, 5.41) is 41.2. The first kappa shape index (κ1) is 37.7. The molecule has 8 rings (SSSR count). The Kier molecular flexibility index (Phi) is 11.5. The summed E-state index contributed by atoms with van der Waals surface area (Å²) in [4.78, 5) is 35.4. The van der Waals surface area contributed by atoms with Crippen molar-refractivity contribution in [2.24, 2.45) is 0 Å². The van der Waals surface area contributed by atoms with Gasteiger partial charge in [-0.3, -0.25) is 4.98 Å². The van der Waals surface area contributed by atoms with Crippen LogP contribution in [0.25, 0.3) is 11.2 Å². The number of nitrogens with one attached hydrogen (secondary N) is 3. The van der Waals surface area contributed by atoms with Crippen LogP contribution in [-0.2, 0) is 13.0 Å². The van der Waals surface area contributed by atoms with Gasteiger partial charge in [0.05, 0.1) is 24.3 Å². The number of aliphatic hydroxyl groups excluding tert-OH is 2. The Hall–Kier alpha value is -5.64. The number of fused-ring (bicyclic) bond motifs is 1. The van der Waals surface area contributed by atoms with Crippen molar-refractivity contribution < 1.29 is 15.0 Å². The minimum Gasteiger partial charge on any atom is -0.388 e. The van der Waals surface area contributed by atoms with E-state index in [4.69, 9.17) is 15.0 Å². The van der Waals surface area contributed by atoms with Crippen LogP contribution in [0.5, 0.6) is 0 Å². The zero-order valence-corrected chi connectivity index (χ0v) is 31.2. The Morgan fingerprint density at radius 1 is 0.945 bits per heavy atom. The molecule has 5 heterocycles. The number of hydrogen-bond acceptors (Lipinski definition) is 11. The third kappa shape index (κ3) is 8.09. The molecule has 1 saturated carbocycles. The highest BCUT2D eigenvalue weighted by atomic mass is 35.5. The lowest BCUT2D eigenvalue weighted by Crippen LogP contribution is -2.43. The number of urea groups is 1. The van der Waals surface area contributed by atoms with Crippen molar-refractivity contribution in [3.05, 3.63) is 120 Å². The van der Waals surface area contributed by atoms with Crippen molar-refractivity contribution in [3.63, 3.8) is 0 Å². The molecule has 0 spiro atoms. The van der Waals surface area contributed by atoms with Gasteiger partial charge in [0.15, 0.2) is 17.0 Å².